The van der Waals surface area contributed by atoms with Crippen LogP contribution in [0.1, 0.15) is 67.3 Å². The van der Waals surface area contributed by atoms with Crippen molar-refractivity contribution in [1.82, 2.24) is 15.3 Å². The quantitative estimate of drug-likeness (QED) is 0.531. The molecule has 1 saturated carbocycles. The summed E-state index contributed by atoms with van der Waals surface area (Å²) in [4.78, 5) is 26.6. The number of carbonyl (C=O) groups excluding carboxylic acids is 1. The third kappa shape index (κ3) is 4.43. The first-order chi connectivity index (χ1) is 16.0. The third-order valence-electron chi connectivity index (χ3n) is 7.24. The molecule has 0 spiro atoms. The summed E-state index contributed by atoms with van der Waals surface area (Å²) in [5.41, 5.74) is 2.17. The van der Waals surface area contributed by atoms with Crippen molar-refractivity contribution in [1.29, 1.82) is 0 Å². The average molecular weight is 465 g/mol. The van der Waals surface area contributed by atoms with E-state index in [0.29, 0.717) is 5.92 Å². The van der Waals surface area contributed by atoms with Crippen LogP contribution in [0, 0.1) is 12.8 Å². The lowest BCUT2D eigenvalue weighted by atomic mass is 9.85. The van der Waals surface area contributed by atoms with Crippen LogP contribution < -0.4 is 15.0 Å². The third-order valence-corrected chi connectivity index (χ3v) is 8.14. The number of methoxy groups -OCH3 is 1. The number of thiophene rings is 1. The first-order valence-corrected chi connectivity index (χ1v) is 12.9. The molecule has 33 heavy (non-hydrogen) atoms. The monoisotopic (exact) mass is 464 g/mol. The van der Waals surface area contributed by atoms with E-state index in [1.54, 1.807) is 18.4 Å². The molecule has 1 N–H and O–H groups in total. The number of ether oxygens (including phenoxy) is 1. The topological polar surface area (TPSA) is 67.3 Å². The highest BCUT2D eigenvalue weighted by Gasteiger charge is 2.30. The van der Waals surface area contributed by atoms with Crippen LogP contribution in [-0.4, -0.2) is 36.1 Å². The van der Waals surface area contributed by atoms with Gasteiger partial charge in [0.05, 0.1) is 24.1 Å². The predicted octanol–water partition coefficient (Wildman–Crippen LogP) is 5.37. The Morgan fingerprint density at radius 3 is 2.52 bits per heavy atom. The fourth-order valence-electron chi connectivity index (χ4n) is 4.85. The van der Waals surface area contributed by atoms with E-state index in [1.165, 1.54) is 29.5 Å². The Kier molecular flexibility index (Phi) is 6.23. The maximum atomic E-state index is 13.0. The van der Waals surface area contributed by atoms with Gasteiger partial charge in [0.2, 0.25) is 5.91 Å². The van der Waals surface area contributed by atoms with Gasteiger partial charge >= 0.3 is 0 Å². The molecule has 174 valence electrons. The van der Waals surface area contributed by atoms with E-state index in [-0.39, 0.29) is 17.9 Å². The summed E-state index contributed by atoms with van der Waals surface area (Å²) < 4.78 is 5.23. The molecule has 1 saturated heterocycles. The van der Waals surface area contributed by atoms with Crippen molar-refractivity contribution < 1.29 is 9.53 Å². The number of aryl methyl sites for hydroxylation is 1. The fourth-order valence-corrected chi connectivity index (χ4v) is 5.62. The van der Waals surface area contributed by atoms with E-state index in [4.69, 9.17) is 14.7 Å². The standard InChI is InChI=1S/C26H32N4O2S/c1-16(18-7-9-21(32-3)10-8-18)27-26(31)20-11-13-30(14-12-20)25-23-17(2)33-15-22(23)28-24(29-25)19-5-4-6-19/h7-10,15-16,19-20H,4-6,11-14H2,1-3H3,(H,27,31). The van der Waals surface area contributed by atoms with E-state index in [0.717, 1.165) is 54.4 Å². The zero-order valence-electron chi connectivity index (χ0n) is 19.6. The molecule has 1 atom stereocenters. The van der Waals surface area contributed by atoms with Crippen molar-refractivity contribution in [3.8, 4) is 5.75 Å². The molecule has 2 aliphatic rings. The van der Waals surface area contributed by atoms with E-state index >= 15 is 0 Å². The second kappa shape index (κ2) is 9.29. The van der Waals surface area contributed by atoms with Crippen LogP contribution in [0.2, 0.25) is 0 Å². The Bertz CT molecular complexity index is 1130. The number of nitrogens with zero attached hydrogens (tertiary/aromatic N) is 3. The number of piperidine rings is 1. The average Bonchev–Trinajstić information content (AvgIpc) is 3.18. The molecular formula is C26H32N4O2S. The molecule has 2 fully saturated rings. The minimum absolute atomic E-state index is 0.0265. The van der Waals surface area contributed by atoms with Crippen LogP contribution in [-0.2, 0) is 4.79 Å². The molecule has 2 aromatic heterocycles. The van der Waals surface area contributed by atoms with Crippen LogP contribution in [0.5, 0.6) is 5.75 Å². The highest BCUT2D eigenvalue weighted by atomic mass is 32.1. The number of hydrogen-bond donors (Lipinski definition) is 1. The highest BCUT2D eigenvalue weighted by molar-refractivity contribution is 7.11. The molecule has 7 heteroatoms. The molecule has 1 aromatic carbocycles. The van der Waals surface area contributed by atoms with Crippen LogP contribution in [0.3, 0.4) is 0 Å². The number of benzene rings is 1. The lowest BCUT2D eigenvalue weighted by molar-refractivity contribution is -0.126. The number of hydrogen-bond acceptors (Lipinski definition) is 6. The van der Waals surface area contributed by atoms with Crippen molar-refractivity contribution in [3.63, 3.8) is 0 Å². The summed E-state index contributed by atoms with van der Waals surface area (Å²) >= 11 is 1.75. The molecule has 6 nitrogen and oxygen atoms in total. The summed E-state index contributed by atoms with van der Waals surface area (Å²) in [6.45, 7) is 5.89. The van der Waals surface area contributed by atoms with E-state index < -0.39 is 0 Å². The van der Waals surface area contributed by atoms with Gasteiger partial charge in [-0.3, -0.25) is 4.79 Å². The normalized spacial score (nSPS) is 18.2. The van der Waals surface area contributed by atoms with Gasteiger partial charge in [0, 0.05) is 35.2 Å². The maximum absolute atomic E-state index is 13.0. The Morgan fingerprint density at radius 1 is 1.15 bits per heavy atom. The van der Waals surface area contributed by atoms with Crippen molar-refractivity contribution in [2.45, 2.75) is 57.9 Å². The van der Waals surface area contributed by atoms with Gasteiger partial charge in [-0.25, -0.2) is 9.97 Å². The van der Waals surface area contributed by atoms with Crippen LogP contribution in [0.15, 0.2) is 29.6 Å². The molecule has 1 aliphatic carbocycles. The number of rotatable bonds is 6. The number of carbonyl (C=O) groups is 1. The second-order valence-corrected chi connectivity index (χ2v) is 10.4. The highest BCUT2D eigenvalue weighted by Crippen LogP contribution is 2.39. The number of nitrogens with one attached hydrogen (secondary N) is 1. The summed E-state index contributed by atoms with van der Waals surface area (Å²) in [5, 5.41) is 6.57. The van der Waals surface area contributed by atoms with Gasteiger partial charge in [-0.15, -0.1) is 11.3 Å². The van der Waals surface area contributed by atoms with Crippen LogP contribution >= 0.6 is 11.3 Å². The van der Waals surface area contributed by atoms with E-state index in [1.807, 2.05) is 31.2 Å². The second-order valence-electron chi connectivity index (χ2n) is 9.35. The van der Waals surface area contributed by atoms with Gasteiger partial charge in [0.1, 0.15) is 17.4 Å². The Balaban J connectivity index is 1.25. The van der Waals surface area contributed by atoms with Gasteiger partial charge in [-0.1, -0.05) is 18.6 Å². The molecule has 3 aromatic rings. The predicted molar refractivity (Wildman–Crippen MR) is 133 cm³/mol. The molecule has 1 unspecified atom stereocenters. The van der Waals surface area contributed by atoms with Crippen LogP contribution in [0.25, 0.3) is 10.9 Å². The smallest absolute Gasteiger partial charge is 0.223 e. The number of fused-ring (bicyclic) bond motifs is 1. The molecular weight excluding hydrogens is 432 g/mol. The van der Waals surface area contributed by atoms with Crippen molar-refractivity contribution >= 4 is 34.0 Å². The molecule has 3 heterocycles. The number of aromatic nitrogens is 2. The van der Waals surface area contributed by atoms with Gasteiger partial charge < -0.3 is 15.0 Å². The summed E-state index contributed by atoms with van der Waals surface area (Å²) in [5.74, 6) is 3.60. The minimum atomic E-state index is -0.0265. The summed E-state index contributed by atoms with van der Waals surface area (Å²) in [7, 11) is 1.66. The zero-order valence-corrected chi connectivity index (χ0v) is 20.5. The van der Waals surface area contributed by atoms with Crippen molar-refractivity contribution in [2.75, 3.05) is 25.1 Å². The van der Waals surface area contributed by atoms with Crippen molar-refractivity contribution in [2.24, 2.45) is 5.92 Å². The van der Waals surface area contributed by atoms with E-state index in [2.05, 4.69) is 22.5 Å². The van der Waals surface area contributed by atoms with Crippen molar-refractivity contribution in [3.05, 3.63) is 45.9 Å². The van der Waals surface area contributed by atoms with E-state index in [9.17, 15) is 4.79 Å². The summed E-state index contributed by atoms with van der Waals surface area (Å²) in [6.07, 6.45) is 5.36. The number of anilines is 1. The lowest BCUT2D eigenvalue weighted by Crippen LogP contribution is -2.41. The van der Waals surface area contributed by atoms with Gasteiger partial charge in [0.25, 0.3) is 0 Å². The Morgan fingerprint density at radius 2 is 1.88 bits per heavy atom. The Labute approximate surface area is 199 Å². The molecule has 0 bridgehead atoms. The SMILES string of the molecule is COc1ccc(C(C)NC(=O)C2CCN(c3nc(C4CCC4)nc4csc(C)c34)CC2)cc1. The largest absolute Gasteiger partial charge is 0.497 e. The summed E-state index contributed by atoms with van der Waals surface area (Å²) in [6, 6.07) is 7.86. The zero-order chi connectivity index (χ0) is 22.9. The Hall–Kier alpha value is -2.67. The van der Waals surface area contributed by atoms with Gasteiger partial charge in [-0.2, -0.15) is 0 Å². The first kappa shape index (κ1) is 22.1. The molecule has 0 radical (unpaired) electrons. The lowest BCUT2D eigenvalue weighted by Gasteiger charge is -2.34. The van der Waals surface area contributed by atoms with Crippen LogP contribution in [0.4, 0.5) is 5.82 Å². The molecule has 1 amide bonds. The van der Waals surface area contributed by atoms with Gasteiger partial charge in [-0.05, 0) is 57.2 Å². The molecule has 1 aliphatic heterocycles. The number of amides is 1. The first-order valence-electron chi connectivity index (χ1n) is 12.0. The molecule has 5 rings (SSSR count). The van der Waals surface area contributed by atoms with Gasteiger partial charge in [0.15, 0.2) is 0 Å². The fraction of sp³-hybridized carbons (Fsp3) is 0.500. The minimum Gasteiger partial charge on any atom is -0.497 e. The maximum Gasteiger partial charge on any atom is 0.223 e.